The second kappa shape index (κ2) is 5.21. The number of Topliss-reactive ketones (excluding diaryl/α,β-unsaturated/α-hetero) is 2. The van der Waals surface area contributed by atoms with Crippen molar-refractivity contribution in [3.63, 3.8) is 0 Å². The first-order valence-corrected chi connectivity index (χ1v) is 5.29. The van der Waals surface area contributed by atoms with Crippen molar-refractivity contribution in [3.8, 4) is 0 Å². The Kier molecular flexibility index (Phi) is 4.19. The van der Waals surface area contributed by atoms with Crippen LogP contribution in [-0.4, -0.2) is 17.7 Å². The van der Waals surface area contributed by atoms with Gasteiger partial charge >= 0.3 is 0 Å². The van der Waals surface area contributed by atoms with E-state index in [0.29, 0.717) is 5.02 Å². The van der Waals surface area contributed by atoms with E-state index in [-0.39, 0.29) is 5.56 Å². The van der Waals surface area contributed by atoms with E-state index in [2.05, 4.69) is 0 Å². The van der Waals surface area contributed by atoms with Gasteiger partial charge < -0.3 is 0 Å². The molecule has 16 heavy (non-hydrogen) atoms. The molecule has 1 atom stereocenters. The van der Waals surface area contributed by atoms with E-state index in [1.165, 1.54) is 12.1 Å². The van der Waals surface area contributed by atoms with Crippen LogP contribution in [0.4, 0.5) is 4.39 Å². The molecule has 0 aliphatic rings. The van der Waals surface area contributed by atoms with E-state index in [1.54, 1.807) is 26.0 Å². The topological polar surface area (TPSA) is 34.1 Å². The minimum absolute atomic E-state index is 0.119. The lowest BCUT2D eigenvalue weighted by molar-refractivity contribution is -0.125. The van der Waals surface area contributed by atoms with E-state index < -0.39 is 23.7 Å². The quantitative estimate of drug-likeness (QED) is 0.601. The molecular weight excluding hydrogens is 231 g/mol. The molecule has 0 spiro atoms. The number of benzene rings is 1. The van der Waals surface area contributed by atoms with Crippen LogP contribution in [0.2, 0.25) is 5.02 Å². The Labute approximate surface area is 98.4 Å². The summed E-state index contributed by atoms with van der Waals surface area (Å²) >= 11 is 5.68. The number of rotatable bonds is 4. The Hall–Kier alpha value is -1.22. The average Bonchev–Trinajstić information content (AvgIpc) is 2.26. The molecule has 0 saturated heterocycles. The number of alkyl halides is 1. The molecule has 0 fully saturated rings. The fraction of sp³-hybridized carbons (Fsp3) is 0.333. The monoisotopic (exact) mass is 242 g/mol. The van der Waals surface area contributed by atoms with Crippen molar-refractivity contribution >= 4 is 23.2 Å². The van der Waals surface area contributed by atoms with Crippen LogP contribution in [0.15, 0.2) is 24.3 Å². The Bertz CT molecular complexity index is 415. The van der Waals surface area contributed by atoms with Crippen molar-refractivity contribution in [2.45, 2.75) is 20.0 Å². The van der Waals surface area contributed by atoms with Crippen LogP contribution in [-0.2, 0) is 4.79 Å². The molecule has 86 valence electrons. The molecule has 0 saturated carbocycles. The normalized spacial score (nSPS) is 12.6. The van der Waals surface area contributed by atoms with Gasteiger partial charge in [0.15, 0.2) is 5.78 Å². The van der Waals surface area contributed by atoms with Crippen molar-refractivity contribution in [3.05, 3.63) is 34.9 Å². The van der Waals surface area contributed by atoms with Gasteiger partial charge in [0.1, 0.15) is 0 Å². The largest absolute Gasteiger partial charge is 0.296 e. The lowest BCUT2D eigenvalue weighted by Gasteiger charge is -2.08. The third-order valence-corrected chi connectivity index (χ3v) is 2.39. The summed E-state index contributed by atoms with van der Waals surface area (Å²) < 4.78 is 13.5. The van der Waals surface area contributed by atoms with Gasteiger partial charge in [-0.25, -0.2) is 4.39 Å². The molecule has 0 bridgehead atoms. The third-order valence-electron chi connectivity index (χ3n) is 2.16. The van der Waals surface area contributed by atoms with Crippen molar-refractivity contribution in [1.29, 1.82) is 0 Å². The number of hydrogen-bond acceptors (Lipinski definition) is 2. The predicted octanol–water partition coefficient (Wildman–Crippen LogP) is 3.09. The van der Waals surface area contributed by atoms with E-state index >= 15 is 0 Å². The van der Waals surface area contributed by atoms with Crippen LogP contribution in [0, 0.1) is 5.92 Å². The van der Waals surface area contributed by atoms with Gasteiger partial charge in [0, 0.05) is 16.5 Å². The van der Waals surface area contributed by atoms with Crippen LogP contribution in [0.1, 0.15) is 24.2 Å². The Balaban J connectivity index is 2.90. The van der Waals surface area contributed by atoms with E-state index in [4.69, 9.17) is 11.6 Å². The number of halogens is 2. The maximum atomic E-state index is 13.5. The summed E-state index contributed by atoms with van der Waals surface area (Å²) in [5, 5.41) is 0.343. The summed E-state index contributed by atoms with van der Waals surface area (Å²) in [4.78, 5) is 22.9. The summed E-state index contributed by atoms with van der Waals surface area (Å²) in [7, 11) is 0. The highest BCUT2D eigenvalue weighted by atomic mass is 35.5. The van der Waals surface area contributed by atoms with E-state index in [1.807, 2.05) is 0 Å². The minimum atomic E-state index is -2.10. The number of ketones is 2. The van der Waals surface area contributed by atoms with Crippen molar-refractivity contribution in [2.75, 3.05) is 0 Å². The molecule has 0 aliphatic heterocycles. The second-order valence-corrected chi connectivity index (χ2v) is 4.23. The molecule has 0 aliphatic carbocycles. The number of carbonyl (C=O) groups is 2. The van der Waals surface area contributed by atoms with Crippen molar-refractivity contribution < 1.29 is 14.0 Å². The predicted molar refractivity (Wildman–Crippen MR) is 60.5 cm³/mol. The fourth-order valence-electron chi connectivity index (χ4n) is 1.21. The molecule has 1 aromatic carbocycles. The fourth-order valence-corrected chi connectivity index (χ4v) is 1.40. The molecular formula is C12H12ClFO2. The number of hydrogen-bond donors (Lipinski definition) is 0. The SMILES string of the molecule is CC(C)C(=O)C(F)C(=O)c1cccc(Cl)c1. The summed E-state index contributed by atoms with van der Waals surface area (Å²) in [6.45, 7) is 3.11. The molecule has 1 aromatic rings. The molecule has 0 aromatic heterocycles. The van der Waals surface area contributed by atoms with Crippen LogP contribution < -0.4 is 0 Å². The van der Waals surface area contributed by atoms with Crippen LogP contribution >= 0.6 is 11.6 Å². The Morgan fingerprint density at radius 2 is 1.94 bits per heavy atom. The lowest BCUT2D eigenvalue weighted by Crippen LogP contribution is -2.29. The minimum Gasteiger partial charge on any atom is -0.296 e. The third kappa shape index (κ3) is 2.89. The first-order chi connectivity index (χ1) is 7.43. The van der Waals surface area contributed by atoms with Crippen LogP contribution in [0.3, 0.4) is 0 Å². The Morgan fingerprint density at radius 3 is 2.44 bits per heavy atom. The molecule has 1 unspecified atom stereocenters. The first-order valence-electron chi connectivity index (χ1n) is 4.91. The van der Waals surface area contributed by atoms with Gasteiger partial charge in [-0.15, -0.1) is 0 Å². The summed E-state index contributed by atoms with van der Waals surface area (Å²) in [6.07, 6.45) is -2.10. The molecule has 0 radical (unpaired) electrons. The number of carbonyl (C=O) groups excluding carboxylic acids is 2. The lowest BCUT2D eigenvalue weighted by atomic mass is 9.98. The smallest absolute Gasteiger partial charge is 0.221 e. The Morgan fingerprint density at radius 1 is 1.31 bits per heavy atom. The summed E-state index contributed by atoms with van der Waals surface area (Å²) in [6, 6.07) is 5.91. The summed E-state index contributed by atoms with van der Waals surface area (Å²) in [5.74, 6) is -2.04. The van der Waals surface area contributed by atoms with Crippen molar-refractivity contribution in [1.82, 2.24) is 0 Å². The zero-order valence-electron chi connectivity index (χ0n) is 9.04. The van der Waals surface area contributed by atoms with Gasteiger partial charge in [-0.1, -0.05) is 37.6 Å². The van der Waals surface area contributed by atoms with Gasteiger partial charge in [-0.2, -0.15) is 0 Å². The highest BCUT2D eigenvalue weighted by Crippen LogP contribution is 2.15. The molecule has 4 heteroatoms. The molecule has 0 amide bonds. The standard InChI is InChI=1S/C12H12ClFO2/c1-7(2)11(15)10(14)12(16)8-4-3-5-9(13)6-8/h3-7,10H,1-2H3. The van der Waals surface area contributed by atoms with E-state index in [0.717, 1.165) is 0 Å². The van der Waals surface area contributed by atoms with Gasteiger partial charge in [0.2, 0.25) is 12.0 Å². The van der Waals surface area contributed by atoms with E-state index in [9.17, 15) is 14.0 Å². The zero-order valence-corrected chi connectivity index (χ0v) is 9.79. The van der Waals surface area contributed by atoms with Gasteiger partial charge in [0.05, 0.1) is 0 Å². The van der Waals surface area contributed by atoms with Gasteiger partial charge in [0.25, 0.3) is 0 Å². The van der Waals surface area contributed by atoms with Gasteiger partial charge in [-0.3, -0.25) is 9.59 Å². The molecule has 2 nitrogen and oxygen atoms in total. The van der Waals surface area contributed by atoms with Gasteiger partial charge in [-0.05, 0) is 12.1 Å². The maximum Gasteiger partial charge on any atom is 0.221 e. The average molecular weight is 243 g/mol. The van der Waals surface area contributed by atoms with Crippen molar-refractivity contribution in [2.24, 2.45) is 5.92 Å². The highest BCUT2D eigenvalue weighted by Gasteiger charge is 2.28. The molecule has 0 N–H and O–H groups in total. The second-order valence-electron chi connectivity index (χ2n) is 3.79. The first kappa shape index (κ1) is 12.8. The van der Waals surface area contributed by atoms with Crippen LogP contribution in [0.5, 0.6) is 0 Å². The highest BCUT2D eigenvalue weighted by molar-refractivity contribution is 6.31. The van der Waals surface area contributed by atoms with Crippen LogP contribution in [0.25, 0.3) is 0 Å². The molecule has 1 rings (SSSR count). The maximum absolute atomic E-state index is 13.5. The molecule has 0 heterocycles. The summed E-state index contributed by atoms with van der Waals surface area (Å²) in [5.41, 5.74) is 0.119. The zero-order chi connectivity index (χ0) is 12.3.